The van der Waals surface area contributed by atoms with Gasteiger partial charge >= 0.3 is 0 Å². The van der Waals surface area contributed by atoms with Gasteiger partial charge in [-0.1, -0.05) is 12.1 Å². The van der Waals surface area contributed by atoms with Gasteiger partial charge in [-0.3, -0.25) is 9.78 Å². The molecule has 0 radical (unpaired) electrons. The highest BCUT2D eigenvalue weighted by Crippen LogP contribution is 2.08. The zero-order chi connectivity index (χ0) is 14.4. The van der Waals surface area contributed by atoms with Gasteiger partial charge in [-0.15, -0.1) is 0 Å². The largest absolute Gasteiger partial charge is 0.396 e. The molecule has 6 nitrogen and oxygen atoms in total. The van der Waals surface area contributed by atoms with Crippen LogP contribution in [0.15, 0.2) is 30.5 Å². The first-order valence-electron chi connectivity index (χ1n) is 6.37. The van der Waals surface area contributed by atoms with Gasteiger partial charge in [-0.25, -0.2) is 4.98 Å². The number of aliphatic hydroxyl groups is 1. The van der Waals surface area contributed by atoms with Crippen molar-refractivity contribution in [2.24, 2.45) is 0 Å². The molecule has 1 unspecified atom stereocenters. The van der Waals surface area contributed by atoms with Gasteiger partial charge in [0.05, 0.1) is 29.9 Å². The molecule has 6 heteroatoms. The van der Waals surface area contributed by atoms with Crippen LogP contribution in [0.25, 0.3) is 11.0 Å². The fraction of sp³-hybridized carbons (Fsp3) is 0.357. The van der Waals surface area contributed by atoms with Crippen LogP contribution in [0.4, 0.5) is 0 Å². The van der Waals surface area contributed by atoms with Crippen LogP contribution in [0.1, 0.15) is 16.9 Å². The van der Waals surface area contributed by atoms with E-state index in [2.05, 4.69) is 15.3 Å². The standard InChI is InChI=1S/C14H17N3O3/c1-20-9-10(6-7-18)16-14(19)13-8-15-11-4-2-3-5-12(11)17-13/h2-5,8,10,18H,6-7,9H2,1H3,(H,16,19). The Kier molecular flexibility index (Phi) is 4.97. The smallest absolute Gasteiger partial charge is 0.271 e. The number of rotatable bonds is 6. The van der Waals surface area contributed by atoms with E-state index in [0.29, 0.717) is 18.5 Å². The molecule has 1 aromatic carbocycles. The normalized spacial score (nSPS) is 12.3. The highest BCUT2D eigenvalue weighted by atomic mass is 16.5. The van der Waals surface area contributed by atoms with Crippen LogP contribution >= 0.6 is 0 Å². The van der Waals surface area contributed by atoms with Crippen molar-refractivity contribution in [2.75, 3.05) is 20.3 Å². The van der Waals surface area contributed by atoms with E-state index in [9.17, 15) is 4.79 Å². The predicted octanol–water partition coefficient (Wildman–Crippen LogP) is 0.757. The van der Waals surface area contributed by atoms with Gasteiger partial charge in [-0.2, -0.15) is 0 Å². The van der Waals surface area contributed by atoms with E-state index in [1.54, 1.807) is 13.2 Å². The van der Waals surface area contributed by atoms with Crippen molar-refractivity contribution in [3.63, 3.8) is 0 Å². The first kappa shape index (κ1) is 14.4. The summed E-state index contributed by atoms with van der Waals surface area (Å²) in [6.07, 6.45) is 1.88. The van der Waals surface area contributed by atoms with Crippen molar-refractivity contribution in [1.82, 2.24) is 15.3 Å². The van der Waals surface area contributed by atoms with Gasteiger partial charge in [0, 0.05) is 13.7 Å². The predicted molar refractivity (Wildman–Crippen MR) is 74.4 cm³/mol. The highest BCUT2D eigenvalue weighted by Gasteiger charge is 2.15. The number of benzene rings is 1. The third-order valence-corrected chi connectivity index (χ3v) is 2.86. The van der Waals surface area contributed by atoms with Gasteiger partial charge < -0.3 is 15.2 Å². The molecule has 0 saturated heterocycles. The molecule has 0 aliphatic rings. The lowest BCUT2D eigenvalue weighted by Gasteiger charge is -2.16. The van der Waals surface area contributed by atoms with E-state index in [-0.39, 0.29) is 24.2 Å². The number of aliphatic hydroxyl groups excluding tert-OH is 1. The van der Waals surface area contributed by atoms with Crippen LogP contribution < -0.4 is 5.32 Å². The maximum absolute atomic E-state index is 12.1. The van der Waals surface area contributed by atoms with Crippen molar-refractivity contribution in [3.05, 3.63) is 36.2 Å². The molecule has 2 rings (SSSR count). The zero-order valence-electron chi connectivity index (χ0n) is 11.2. The molecule has 2 aromatic rings. The number of hydrogen-bond donors (Lipinski definition) is 2. The van der Waals surface area contributed by atoms with Crippen molar-refractivity contribution >= 4 is 16.9 Å². The van der Waals surface area contributed by atoms with E-state index >= 15 is 0 Å². The quantitative estimate of drug-likeness (QED) is 0.813. The number of ether oxygens (including phenoxy) is 1. The van der Waals surface area contributed by atoms with Crippen LogP contribution in [-0.2, 0) is 4.74 Å². The maximum Gasteiger partial charge on any atom is 0.271 e. The molecule has 1 heterocycles. The molecule has 106 valence electrons. The number of amides is 1. The van der Waals surface area contributed by atoms with Gasteiger partial charge in [0.25, 0.3) is 5.91 Å². The fourth-order valence-electron chi connectivity index (χ4n) is 1.88. The minimum absolute atomic E-state index is 0.0162. The summed E-state index contributed by atoms with van der Waals surface area (Å²) >= 11 is 0. The van der Waals surface area contributed by atoms with Gasteiger partial charge in [0.1, 0.15) is 5.69 Å². The van der Waals surface area contributed by atoms with Gasteiger partial charge in [0.2, 0.25) is 0 Å². The summed E-state index contributed by atoms with van der Waals surface area (Å²) in [7, 11) is 1.55. The molecule has 1 atom stereocenters. The Bertz CT molecular complexity index is 583. The van der Waals surface area contributed by atoms with Gasteiger partial charge in [0.15, 0.2) is 0 Å². The molecule has 2 N–H and O–H groups in total. The van der Waals surface area contributed by atoms with Crippen molar-refractivity contribution < 1.29 is 14.6 Å². The highest BCUT2D eigenvalue weighted by molar-refractivity contribution is 5.93. The summed E-state index contributed by atoms with van der Waals surface area (Å²) in [4.78, 5) is 20.6. The molecular weight excluding hydrogens is 258 g/mol. The minimum Gasteiger partial charge on any atom is -0.396 e. The molecule has 0 bridgehead atoms. The molecule has 0 aliphatic heterocycles. The number of methoxy groups -OCH3 is 1. The van der Waals surface area contributed by atoms with Gasteiger partial charge in [-0.05, 0) is 18.6 Å². The van der Waals surface area contributed by atoms with E-state index in [4.69, 9.17) is 9.84 Å². The van der Waals surface area contributed by atoms with E-state index in [1.165, 1.54) is 6.20 Å². The third kappa shape index (κ3) is 3.49. The molecule has 0 saturated carbocycles. The number of carbonyl (C=O) groups excluding carboxylic acids is 1. The Balaban J connectivity index is 2.13. The topological polar surface area (TPSA) is 84.3 Å². The second kappa shape index (κ2) is 6.93. The SMILES string of the molecule is COCC(CCO)NC(=O)c1cnc2ccccc2n1. The molecule has 1 aromatic heterocycles. The van der Waals surface area contributed by atoms with E-state index < -0.39 is 0 Å². The Labute approximate surface area is 116 Å². The Morgan fingerprint density at radius 1 is 1.40 bits per heavy atom. The molecular formula is C14H17N3O3. The Morgan fingerprint density at radius 3 is 2.85 bits per heavy atom. The lowest BCUT2D eigenvalue weighted by Crippen LogP contribution is -2.39. The number of nitrogens with zero attached hydrogens (tertiary/aromatic N) is 2. The maximum atomic E-state index is 12.1. The van der Waals surface area contributed by atoms with Crippen LogP contribution in [0, 0.1) is 0 Å². The van der Waals surface area contributed by atoms with Crippen LogP contribution in [0.5, 0.6) is 0 Å². The second-order valence-corrected chi connectivity index (χ2v) is 4.38. The molecule has 0 aliphatic carbocycles. The lowest BCUT2D eigenvalue weighted by molar-refractivity contribution is 0.0874. The summed E-state index contributed by atoms with van der Waals surface area (Å²) in [6.45, 7) is 0.324. The van der Waals surface area contributed by atoms with E-state index in [1.807, 2.05) is 18.2 Å². The number of nitrogens with one attached hydrogen (secondary N) is 1. The summed E-state index contributed by atoms with van der Waals surface area (Å²) < 4.78 is 5.00. The monoisotopic (exact) mass is 275 g/mol. The molecule has 0 fully saturated rings. The van der Waals surface area contributed by atoms with Crippen LogP contribution in [-0.4, -0.2) is 47.3 Å². The zero-order valence-corrected chi connectivity index (χ0v) is 11.2. The van der Waals surface area contributed by atoms with Crippen molar-refractivity contribution in [1.29, 1.82) is 0 Å². The molecule has 20 heavy (non-hydrogen) atoms. The number of carbonyl (C=O) groups is 1. The fourth-order valence-corrected chi connectivity index (χ4v) is 1.88. The Morgan fingerprint density at radius 2 is 2.15 bits per heavy atom. The Hall–Kier alpha value is -2.05. The summed E-state index contributed by atoms with van der Waals surface area (Å²) in [5.41, 5.74) is 1.67. The van der Waals surface area contributed by atoms with Crippen LogP contribution in [0.3, 0.4) is 0 Å². The van der Waals surface area contributed by atoms with Crippen LogP contribution in [0.2, 0.25) is 0 Å². The molecule has 1 amide bonds. The average Bonchev–Trinajstić information content (AvgIpc) is 2.47. The summed E-state index contributed by atoms with van der Waals surface area (Å²) in [5.74, 6) is -0.321. The summed E-state index contributed by atoms with van der Waals surface area (Å²) in [5, 5.41) is 11.7. The van der Waals surface area contributed by atoms with Crippen molar-refractivity contribution in [3.8, 4) is 0 Å². The van der Waals surface area contributed by atoms with E-state index in [0.717, 1.165) is 5.52 Å². The molecule has 0 spiro atoms. The number of fused-ring (bicyclic) bond motifs is 1. The number of aromatic nitrogens is 2. The minimum atomic E-state index is -0.321. The summed E-state index contributed by atoms with van der Waals surface area (Å²) in [6, 6.07) is 7.11. The number of para-hydroxylation sites is 2. The second-order valence-electron chi connectivity index (χ2n) is 4.38. The first-order chi connectivity index (χ1) is 9.74. The van der Waals surface area contributed by atoms with Crippen molar-refractivity contribution in [2.45, 2.75) is 12.5 Å². The third-order valence-electron chi connectivity index (χ3n) is 2.86. The average molecular weight is 275 g/mol. The first-order valence-corrected chi connectivity index (χ1v) is 6.37. The number of hydrogen-bond acceptors (Lipinski definition) is 5. The lowest BCUT2D eigenvalue weighted by atomic mass is 10.2.